The van der Waals surface area contributed by atoms with Crippen molar-refractivity contribution in [1.82, 2.24) is 52.0 Å². The number of nitrogens with one attached hydrogen (secondary N) is 8. The monoisotopic (exact) mass is 1640 g/mol. The van der Waals surface area contributed by atoms with Crippen LogP contribution in [0.1, 0.15) is 76.8 Å². The SMILES string of the molecule is CC[C@H](C)[C@@H]1NC(=O)CNC(=O)[C@@H]2Cc3c([nH]c4c(CSC5CCN(C(=O)CCOCCOCCOCCOCCOCCOCCOCCC(=O)Oc6c(F)c(F)c(F)c(F)c6F)CC5)c(OC)ccc34)S(=O)C[C@@H](NC(=O)CNC1=O)C(=O)N[C@@H](CC(N)=O)C(=O)N1C[C@H](O)C[C@H]1C(=O)N[C@@H]([C@@H](C)[C@@H](O)CO)C(=O)N2. The number of amides is 10. The lowest BCUT2D eigenvalue weighted by atomic mass is 9.93. The molecule has 4 aliphatic rings. The molecule has 624 valence electrons. The number of aromatic nitrogens is 1. The number of hydrogen-bond acceptors (Lipinski definition) is 25. The van der Waals surface area contributed by atoms with Crippen LogP contribution in [-0.2, 0) is 109 Å². The summed E-state index contributed by atoms with van der Waals surface area (Å²) < 4.78 is 131. The van der Waals surface area contributed by atoms with Gasteiger partial charge in [0.15, 0.2) is 0 Å². The molecule has 0 spiro atoms. The molecule has 42 heteroatoms. The van der Waals surface area contributed by atoms with Gasteiger partial charge in [-0.05, 0) is 36.5 Å². The van der Waals surface area contributed by atoms with Gasteiger partial charge in [0.2, 0.25) is 93.9 Å². The zero-order valence-corrected chi connectivity index (χ0v) is 63.9. The molecule has 0 radical (unpaired) electrons. The summed E-state index contributed by atoms with van der Waals surface area (Å²) in [4.78, 5) is 159. The molecule has 1 aromatic heterocycles. The van der Waals surface area contributed by atoms with Crippen molar-refractivity contribution in [3.63, 3.8) is 0 Å². The number of likely N-dealkylation sites (tertiary alicyclic amines) is 1. The standard InChI is InChI=1S/C70H98F5N11O24S2/c1-5-37(2)60-67(98)78-31-51(91)79-46-36-112(101)69-42(29-44(64(95)77-32-52(92)82-60)80-68(99)61(38(3)48(89)34-87)83-66(97)47-28-39(88)33-86(47)70(100)45(30-50(76)90)81-65(46)96)41-6-7-49(102-4)43(62(41)84-69)35-111-40-8-12-85(13-9-40)53(93)10-14-103-16-18-105-20-22-107-24-26-109-27-25-108-23-21-106-19-17-104-15-11-54(94)110-63-58(74)56(72)55(71)57(73)59(63)75/h6-7,37-40,44-48,60-61,84,87-89H,5,8-36H2,1-4H3,(H2,76,90)(H,77,95)(H,78,98)(H,79,91)(H,80,99)(H,81,96)(H,82,92)(H,83,97)/t37-,38-,39+,44-,45-,46+,47-,48-,60-,61-,112?/m0/s1. The van der Waals surface area contributed by atoms with Crippen LogP contribution in [0.25, 0.3) is 10.9 Å². The van der Waals surface area contributed by atoms with Crippen LogP contribution in [-0.4, -0.2) is 298 Å². The number of halogens is 5. The number of ether oxygens (including phenoxy) is 9. The Kier molecular flexibility index (Phi) is 37.0. The van der Waals surface area contributed by atoms with E-state index in [1.807, 2.05) is 0 Å². The maximum absolute atomic E-state index is 15.5. The Balaban J connectivity index is 0.926. The summed E-state index contributed by atoms with van der Waals surface area (Å²) in [6.07, 6.45) is -3.93. The lowest BCUT2D eigenvalue weighted by molar-refractivity contribution is -0.144. The third-order valence-corrected chi connectivity index (χ3v) is 21.6. The molecule has 35 nitrogen and oxygen atoms in total. The van der Waals surface area contributed by atoms with E-state index < -0.39 is 223 Å². The minimum atomic E-state index is -2.48. The maximum Gasteiger partial charge on any atom is 0.313 e. The Morgan fingerprint density at radius 2 is 1.21 bits per heavy atom. The molecule has 2 fully saturated rings. The number of thioether (sulfide) groups is 1. The van der Waals surface area contributed by atoms with Crippen molar-refractivity contribution in [3.8, 4) is 11.5 Å². The first kappa shape index (κ1) is 90.9. The second-order valence-corrected chi connectivity index (χ2v) is 29.4. The number of carbonyl (C=O) groups excluding carboxylic acids is 11. The molecule has 2 aromatic carbocycles. The average Bonchev–Trinajstić information content (AvgIpc) is 1.60. The summed E-state index contributed by atoms with van der Waals surface area (Å²) in [5, 5.41) is 49.8. The van der Waals surface area contributed by atoms with Crippen molar-refractivity contribution >= 4 is 98.5 Å². The van der Waals surface area contributed by atoms with Gasteiger partial charge in [0.1, 0.15) is 47.0 Å². The van der Waals surface area contributed by atoms with Gasteiger partial charge in [-0.15, -0.1) is 0 Å². The molecule has 2 saturated heterocycles. The molecule has 0 aliphatic carbocycles. The second kappa shape index (κ2) is 45.6. The zero-order valence-electron chi connectivity index (χ0n) is 62.3. The van der Waals surface area contributed by atoms with Crippen LogP contribution in [0.15, 0.2) is 17.2 Å². The number of fused-ring (bicyclic) bond motifs is 5. The van der Waals surface area contributed by atoms with E-state index in [1.165, 1.54) is 25.8 Å². The number of aromatic amines is 1. The van der Waals surface area contributed by atoms with E-state index in [2.05, 4.69) is 46.9 Å². The van der Waals surface area contributed by atoms with Crippen LogP contribution < -0.4 is 52.4 Å². The lowest BCUT2D eigenvalue weighted by Crippen LogP contribution is -2.62. The van der Waals surface area contributed by atoms with Gasteiger partial charge < -0.3 is 116 Å². The Morgan fingerprint density at radius 3 is 1.77 bits per heavy atom. The predicted molar refractivity (Wildman–Crippen MR) is 385 cm³/mol. The van der Waals surface area contributed by atoms with Crippen molar-refractivity contribution in [2.75, 3.05) is 145 Å². The number of carbonyl (C=O) groups is 11. The predicted octanol–water partition coefficient (Wildman–Crippen LogP) is -2.20. The average molecular weight is 1640 g/mol. The Morgan fingerprint density at radius 1 is 0.670 bits per heavy atom. The Labute approximate surface area is 647 Å². The van der Waals surface area contributed by atoms with E-state index in [1.54, 1.807) is 30.9 Å². The largest absolute Gasteiger partial charge is 0.496 e. The summed E-state index contributed by atoms with van der Waals surface area (Å²) in [5.74, 6) is -26.1. The summed E-state index contributed by atoms with van der Waals surface area (Å²) in [5.41, 5.74) is 6.55. The summed E-state index contributed by atoms with van der Waals surface area (Å²) >= 11 is 1.54. The van der Waals surface area contributed by atoms with E-state index >= 15 is 4.21 Å². The number of esters is 1. The van der Waals surface area contributed by atoms with E-state index in [-0.39, 0.29) is 113 Å². The quantitative estimate of drug-likeness (QED) is 0.00734. The van der Waals surface area contributed by atoms with Crippen LogP contribution >= 0.6 is 11.8 Å². The van der Waals surface area contributed by atoms with Crippen molar-refractivity contribution in [2.24, 2.45) is 17.6 Å². The van der Waals surface area contributed by atoms with Gasteiger partial charge >= 0.3 is 5.97 Å². The first-order valence-electron chi connectivity index (χ1n) is 36.4. The van der Waals surface area contributed by atoms with Gasteiger partial charge in [-0.1, -0.05) is 27.2 Å². The van der Waals surface area contributed by atoms with Crippen molar-refractivity contribution in [2.45, 2.75) is 137 Å². The topological polar surface area (TPSA) is 481 Å². The van der Waals surface area contributed by atoms with Crippen molar-refractivity contribution < 1.29 is 137 Å². The maximum atomic E-state index is 15.5. The molecule has 7 rings (SSSR count). The molecule has 2 bridgehead atoms. The van der Waals surface area contributed by atoms with Gasteiger partial charge in [0.05, 0.1) is 173 Å². The smallest absolute Gasteiger partial charge is 0.313 e. The van der Waals surface area contributed by atoms with Crippen molar-refractivity contribution in [3.05, 3.63) is 52.3 Å². The molecule has 112 heavy (non-hydrogen) atoms. The van der Waals surface area contributed by atoms with Gasteiger partial charge in [-0.2, -0.15) is 20.5 Å². The fourth-order valence-electron chi connectivity index (χ4n) is 12.4. The molecule has 5 heterocycles. The van der Waals surface area contributed by atoms with E-state index in [4.69, 9.17) is 43.6 Å². The number of aliphatic hydroxyl groups is 3. The number of methoxy groups -OCH3 is 1. The highest BCUT2D eigenvalue weighted by atomic mass is 32.2. The summed E-state index contributed by atoms with van der Waals surface area (Å²) in [7, 11) is -1.05. The molecule has 11 atom stereocenters. The fraction of sp³-hybridized carbons (Fsp3) is 0.643. The summed E-state index contributed by atoms with van der Waals surface area (Å²) in [6.45, 7) is 5.04. The number of nitrogens with two attached hydrogens (primary N) is 1. The molecule has 1 unspecified atom stereocenters. The van der Waals surface area contributed by atoms with Gasteiger partial charge in [0.25, 0.3) is 0 Å². The minimum Gasteiger partial charge on any atom is -0.496 e. The highest BCUT2D eigenvalue weighted by Crippen LogP contribution is 2.39. The Hall–Kier alpha value is -8.30. The molecule has 0 saturated carbocycles. The highest BCUT2D eigenvalue weighted by Gasteiger charge is 2.46. The van der Waals surface area contributed by atoms with Gasteiger partial charge in [0, 0.05) is 60.3 Å². The third-order valence-electron chi connectivity index (χ3n) is 18.8. The van der Waals surface area contributed by atoms with Crippen molar-refractivity contribution in [1.29, 1.82) is 0 Å². The lowest BCUT2D eigenvalue weighted by Gasteiger charge is -2.32. The number of hydrogen-bond donors (Lipinski definition) is 12. The first-order chi connectivity index (χ1) is 53.6. The number of piperidine rings is 1. The molecular formula is C70H98F5N11O24S2. The van der Waals surface area contributed by atoms with Gasteiger partial charge in [-0.25, -0.2) is 13.2 Å². The first-order valence-corrected chi connectivity index (χ1v) is 38.8. The van der Waals surface area contributed by atoms with Gasteiger partial charge in [-0.3, -0.25) is 56.9 Å². The van der Waals surface area contributed by atoms with Crippen LogP contribution in [0.2, 0.25) is 0 Å². The van der Waals surface area contributed by atoms with Crippen LogP contribution in [0.3, 0.4) is 0 Å². The number of H-pyrrole nitrogens is 1. The molecule has 13 N–H and O–H groups in total. The second-order valence-electron chi connectivity index (χ2n) is 26.6. The summed E-state index contributed by atoms with van der Waals surface area (Å²) in [6, 6.07) is -7.10. The normalized spacial score (nSPS) is 22.3. The van der Waals surface area contributed by atoms with E-state index in [9.17, 15) is 90.0 Å². The number of rotatable bonds is 36. The van der Waals surface area contributed by atoms with E-state index in [0.29, 0.717) is 67.8 Å². The zero-order chi connectivity index (χ0) is 81.7. The fourth-order valence-corrected chi connectivity index (χ4v) is 15.0. The third kappa shape index (κ3) is 26.4. The number of benzene rings is 2. The van der Waals surface area contributed by atoms with Crippen LogP contribution in [0.5, 0.6) is 11.5 Å². The van der Waals surface area contributed by atoms with Crippen LogP contribution in [0.4, 0.5) is 22.0 Å². The molecule has 3 aromatic rings. The molecular weight excluding hydrogens is 1540 g/mol. The minimum absolute atomic E-state index is 0.00587. The highest BCUT2D eigenvalue weighted by molar-refractivity contribution is 7.99. The number of primary amides is 1. The number of nitrogens with zero attached hydrogens (tertiary/aromatic N) is 2. The number of aliphatic hydroxyl groups excluding tert-OH is 3. The molecule has 4 aliphatic heterocycles. The van der Waals surface area contributed by atoms with Crippen LogP contribution in [0, 0.1) is 40.9 Å². The Bertz CT molecular complexity index is 3760. The molecule has 10 amide bonds. The van der Waals surface area contributed by atoms with E-state index in [0.717, 1.165) is 4.90 Å².